The topological polar surface area (TPSA) is 113 Å². The Morgan fingerprint density at radius 3 is 2.33 bits per heavy atom. The van der Waals surface area contributed by atoms with E-state index in [2.05, 4.69) is 4.74 Å². The number of esters is 1. The average molecular weight is 376 g/mol. The minimum atomic E-state index is -1.15. The summed E-state index contributed by atoms with van der Waals surface area (Å²) in [7, 11) is 1.20. The van der Waals surface area contributed by atoms with Crippen molar-refractivity contribution >= 4 is 17.5 Å². The molecular weight excluding hydrogens is 351 g/mol. The van der Waals surface area contributed by atoms with Crippen molar-refractivity contribution in [1.82, 2.24) is 0 Å². The second-order valence-corrected chi connectivity index (χ2v) is 6.34. The zero-order chi connectivity index (χ0) is 20.6. The fourth-order valence-electron chi connectivity index (χ4n) is 2.23. The molecule has 0 amide bonds. The first-order valence-corrected chi connectivity index (χ1v) is 8.46. The fourth-order valence-corrected chi connectivity index (χ4v) is 2.23. The summed E-state index contributed by atoms with van der Waals surface area (Å²) in [4.78, 5) is 23.2. The molecule has 0 aromatic heterocycles. The maximum Gasteiger partial charge on any atom is 0.308 e. The van der Waals surface area contributed by atoms with Gasteiger partial charge in [0, 0.05) is 23.3 Å². The number of aliphatic hydroxyl groups excluding tert-OH is 1. The molecule has 7 heteroatoms. The molecule has 0 aliphatic rings. The van der Waals surface area contributed by atoms with Gasteiger partial charge in [-0.15, -0.1) is 0 Å². The molecule has 6 nitrogen and oxygen atoms in total. The number of ketones is 1. The predicted molar refractivity (Wildman–Crippen MR) is 101 cm³/mol. The normalized spacial score (nSPS) is 13.4. The fraction of sp³-hybridized carbons (Fsp3) is 0.350. The molecule has 0 fully saturated rings. The zero-order valence-corrected chi connectivity index (χ0v) is 15.7. The minimum absolute atomic E-state index is 0.0559. The maximum absolute atomic E-state index is 13.1. The summed E-state index contributed by atoms with van der Waals surface area (Å²) in [5.41, 5.74) is 7.35. The zero-order valence-electron chi connectivity index (χ0n) is 15.7. The highest BCUT2D eigenvalue weighted by molar-refractivity contribution is 6.13. The Labute approximate surface area is 158 Å². The van der Waals surface area contributed by atoms with E-state index in [0.29, 0.717) is 16.8 Å². The number of aliphatic hydroxyl groups is 1. The van der Waals surface area contributed by atoms with Crippen molar-refractivity contribution in [3.63, 3.8) is 0 Å². The van der Waals surface area contributed by atoms with E-state index in [0.717, 1.165) is 0 Å². The van der Waals surface area contributed by atoms with Crippen LogP contribution in [0.5, 0.6) is 0 Å². The van der Waals surface area contributed by atoms with Crippen molar-refractivity contribution < 1.29 is 23.8 Å². The Bertz CT molecular complexity index is 752. The van der Waals surface area contributed by atoms with E-state index in [9.17, 15) is 19.1 Å². The van der Waals surface area contributed by atoms with Crippen LogP contribution in [0.2, 0.25) is 0 Å². The van der Waals surface area contributed by atoms with Crippen LogP contribution in [0.1, 0.15) is 32.3 Å². The van der Waals surface area contributed by atoms with Crippen LogP contribution in [0.25, 0.3) is 0 Å². The highest BCUT2D eigenvalue weighted by Gasteiger charge is 2.16. The monoisotopic (exact) mass is 376 g/mol. The van der Waals surface area contributed by atoms with E-state index in [-0.39, 0.29) is 24.5 Å². The van der Waals surface area contributed by atoms with Crippen molar-refractivity contribution in [2.75, 3.05) is 7.11 Å². The molecule has 4 N–H and O–H groups in total. The number of hydrogen-bond acceptors (Lipinski definition) is 6. The quantitative estimate of drug-likeness (QED) is 0.265. The largest absolute Gasteiger partial charge is 0.469 e. The summed E-state index contributed by atoms with van der Waals surface area (Å²) in [6.45, 7) is 3.70. The van der Waals surface area contributed by atoms with Crippen LogP contribution in [0.3, 0.4) is 0 Å². The number of ether oxygens (including phenoxy) is 1. The van der Waals surface area contributed by atoms with Gasteiger partial charge < -0.3 is 15.6 Å². The van der Waals surface area contributed by atoms with Crippen molar-refractivity contribution in [2.24, 2.45) is 11.7 Å². The molecule has 0 saturated carbocycles. The molecule has 27 heavy (non-hydrogen) atoms. The van der Waals surface area contributed by atoms with Crippen molar-refractivity contribution in [3.05, 3.63) is 59.1 Å². The van der Waals surface area contributed by atoms with Crippen LogP contribution in [0.4, 0.5) is 4.39 Å². The molecule has 0 radical (unpaired) electrons. The summed E-state index contributed by atoms with van der Waals surface area (Å²) in [5.74, 6) is -1.53. The Balaban J connectivity index is 2.99. The molecule has 1 atom stereocenters. The Morgan fingerprint density at radius 1 is 1.22 bits per heavy atom. The number of halogens is 1. The number of rotatable bonds is 9. The number of nitrogens with two attached hydrogens (primary N) is 1. The molecule has 0 saturated heterocycles. The number of carbonyl (C=O) groups excluding carboxylic acids is 2. The smallest absolute Gasteiger partial charge is 0.308 e. The van der Waals surface area contributed by atoms with Crippen molar-refractivity contribution in [2.45, 2.75) is 32.8 Å². The molecule has 0 aliphatic carbocycles. The van der Waals surface area contributed by atoms with Gasteiger partial charge >= 0.3 is 5.97 Å². The van der Waals surface area contributed by atoms with E-state index in [4.69, 9.17) is 11.1 Å². The predicted octanol–water partition coefficient (Wildman–Crippen LogP) is 2.50. The number of carbonyl (C=O) groups is 2. The van der Waals surface area contributed by atoms with Crippen LogP contribution in [0.15, 0.2) is 47.7 Å². The van der Waals surface area contributed by atoms with Gasteiger partial charge in [-0.05, 0) is 42.3 Å². The Morgan fingerprint density at radius 2 is 1.81 bits per heavy atom. The van der Waals surface area contributed by atoms with Crippen LogP contribution in [-0.2, 0) is 14.3 Å². The van der Waals surface area contributed by atoms with Crippen LogP contribution in [0, 0.1) is 17.1 Å². The highest BCUT2D eigenvalue weighted by Crippen LogP contribution is 2.17. The molecular formula is C20H25FN2O4. The Kier molecular flexibility index (Phi) is 8.55. The molecule has 0 aliphatic heterocycles. The molecule has 1 aromatic carbocycles. The van der Waals surface area contributed by atoms with E-state index < -0.39 is 23.7 Å². The lowest BCUT2D eigenvalue weighted by Gasteiger charge is -2.13. The average Bonchev–Trinajstić information content (AvgIpc) is 2.61. The van der Waals surface area contributed by atoms with Gasteiger partial charge in [-0.2, -0.15) is 0 Å². The molecule has 0 unspecified atom stereocenters. The van der Waals surface area contributed by atoms with Crippen molar-refractivity contribution in [1.29, 1.82) is 5.41 Å². The van der Waals surface area contributed by atoms with Crippen molar-refractivity contribution in [3.8, 4) is 0 Å². The molecule has 0 heterocycles. The van der Waals surface area contributed by atoms with Gasteiger partial charge in [0.25, 0.3) is 0 Å². The van der Waals surface area contributed by atoms with Gasteiger partial charge in [-0.1, -0.05) is 13.8 Å². The first-order chi connectivity index (χ1) is 12.6. The molecule has 0 spiro atoms. The van der Waals surface area contributed by atoms with Crippen LogP contribution in [-0.4, -0.2) is 35.8 Å². The van der Waals surface area contributed by atoms with Gasteiger partial charge in [0.05, 0.1) is 25.3 Å². The lowest BCUT2D eigenvalue weighted by molar-refractivity contribution is -0.143. The lowest BCUT2D eigenvalue weighted by atomic mass is 9.95. The number of allylic oxidation sites excluding steroid dienone is 4. The molecule has 1 rings (SSSR count). The maximum atomic E-state index is 13.1. The minimum Gasteiger partial charge on any atom is -0.469 e. The standard InChI is InChI=1S/C20H25FN2O4/c1-12(2)19(22)17(20(23)13-4-6-14(21)7-5-13)9-8-15(24)10-16(25)11-18(26)27-3/h4-9,12,16,23,25H,10-11,22H2,1-3H3/b9-8+,19-17-,23-20?/t16-/m1/s1. The third kappa shape index (κ3) is 7.15. The van der Waals surface area contributed by atoms with E-state index in [1.54, 1.807) is 0 Å². The van der Waals surface area contributed by atoms with E-state index in [1.165, 1.54) is 43.5 Å². The summed E-state index contributed by atoms with van der Waals surface area (Å²) in [6, 6.07) is 5.40. The summed E-state index contributed by atoms with van der Waals surface area (Å²) in [5, 5.41) is 18.1. The third-order valence-corrected chi connectivity index (χ3v) is 3.84. The number of nitrogens with one attached hydrogen (secondary N) is 1. The summed E-state index contributed by atoms with van der Waals surface area (Å²) >= 11 is 0. The van der Waals surface area contributed by atoms with Crippen LogP contribution < -0.4 is 5.73 Å². The van der Waals surface area contributed by atoms with Gasteiger partial charge in [0.1, 0.15) is 5.82 Å². The van der Waals surface area contributed by atoms with Gasteiger partial charge in [-0.25, -0.2) is 4.39 Å². The lowest BCUT2D eigenvalue weighted by Crippen LogP contribution is -2.18. The summed E-state index contributed by atoms with van der Waals surface area (Å²) < 4.78 is 17.5. The second-order valence-electron chi connectivity index (χ2n) is 6.34. The summed E-state index contributed by atoms with van der Waals surface area (Å²) in [6.07, 6.45) is 0.932. The third-order valence-electron chi connectivity index (χ3n) is 3.84. The number of benzene rings is 1. The first-order valence-electron chi connectivity index (χ1n) is 8.46. The molecule has 146 valence electrons. The Hall–Kier alpha value is -2.80. The van der Waals surface area contributed by atoms with Gasteiger partial charge in [0.15, 0.2) is 5.78 Å². The van der Waals surface area contributed by atoms with E-state index in [1.807, 2.05) is 13.8 Å². The SMILES string of the molecule is COC(=O)C[C@H](O)CC(=O)/C=C/C(C(=N)c1ccc(F)cc1)=C(/N)C(C)C. The molecule has 1 aromatic rings. The van der Waals surface area contributed by atoms with Gasteiger partial charge in [0.2, 0.25) is 0 Å². The number of methoxy groups -OCH3 is 1. The second kappa shape index (κ2) is 10.4. The number of hydrogen-bond donors (Lipinski definition) is 3. The van der Waals surface area contributed by atoms with E-state index >= 15 is 0 Å². The van der Waals surface area contributed by atoms with Gasteiger partial charge in [-0.3, -0.25) is 15.0 Å². The molecule has 0 bridgehead atoms. The first kappa shape index (κ1) is 22.2. The highest BCUT2D eigenvalue weighted by atomic mass is 19.1. The van der Waals surface area contributed by atoms with Crippen LogP contribution >= 0.6 is 0 Å².